The Hall–Kier alpha value is 0.270. The largest absolute Gasteiger partial charge is 0.371 e. The molecule has 0 aromatic rings. The van der Waals surface area contributed by atoms with Crippen molar-refractivity contribution in [1.82, 2.24) is 0 Å². The van der Waals surface area contributed by atoms with Crippen molar-refractivity contribution in [3.05, 3.63) is 0 Å². The van der Waals surface area contributed by atoms with E-state index in [1.165, 1.54) is 50.0 Å². The summed E-state index contributed by atoms with van der Waals surface area (Å²) in [7, 11) is 0. The summed E-state index contributed by atoms with van der Waals surface area (Å²) in [4.78, 5) is 0. The van der Waals surface area contributed by atoms with Gasteiger partial charge in [-0.1, -0.05) is 12.8 Å². The Kier molecular flexibility index (Phi) is 4.35. The van der Waals surface area contributed by atoms with Crippen LogP contribution in [0.2, 0.25) is 0 Å². The monoisotopic (exact) mass is 229 g/mol. The number of nitrogens with two attached hydrogens (primary N) is 1. The summed E-state index contributed by atoms with van der Waals surface area (Å²) in [6.07, 6.45) is 9.67. The smallest absolute Gasteiger partial charge is 0.0687 e. The fourth-order valence-corrected chi connectivity index (χ4v) is 3.84. The molecular formula is C12H23NOS. The average molecular weight is 229 g/mol. The van der Waals surface area contributed by atoms with Gasteiger partial charge in [0.2, 0.25) is 0 Å². The van der Waals surface area contributed by atoms with Gasteiger partial charge in [-0.2, -0.15) is 11.8 Å². The van der Waals surface area contributed by atoms with E-state index in [0.717, 1.165) is 13.0 Å². The fourth-order valence-electron chi connectivity index (χ4n) is 2.80. The number of rotatable bonds is 5. The molecule has 1 spiro atoms. The van der Waals surface area contributed by atoms with Crippen molar-refractivity contribution in [3.63, 3.8) is 0 Å². The molecule has 1 saturated heterocycles. The molecule has 0 aromatic carbocycles. The van der Waals surface area contributed by atoms with Crippen LogP contribution in [0.15, 0.2) is 0 Å². The zero-order chi connectivity index (χ0) is 10.6. The van der Waals surface area contributed by atoms with Crippen LogP contribution in [0.3, 0.4) is 0 Å². The molecule has 1 unspecified atom stereocenters. The van der Waals surface area contributed by atoms with Crippen LogP contribution >= 0.6 is 11.8 Å². The van der Waals surface area contributed by atoms with Gasteiger partial charge < -0.3 is 10.5 Å². The summed E-state index contributed by atoms with van der Waals surface area (Å²) >= 11 is 2.01. The van der Waals surface area contributed by atoms with E-state index in [4.69, 9.17) is 10.5 Å². The predicted octanol–water partition coefficient (Wildman–Crippen LogP) is 2.56. The van der Waals surface area contributed by atoms with E-state index in [2.05, 4.69) is 0 Å². The van der Waals surface area contributed by atoms with Gasteiger partial charge in [0.15, 0.2) is 0 Å². The molecule has 1 atom stereocenters. The molecule has 0 amide bonds. The van der Waals surface area contributed by atoms with Gasteiger partial charge in [-0.3, -0.25) is 0 Å². The van der Waals surface area contributed by atoms with Gasteiger partial charge in [-0.25, -0.2) is 0 Å². The molecule has 1 aliphatic heterocycles. The molecule has 88 valence electrons. The normalized spacial score (nSPS) is 29.0. The molecule has 2 N–H and O–H groups in total. The first-order valence-electron chi connectivity index (χ1n) is 6.30. The van der Waals surface area contributed by atoms with Crippen molar-refractivity contribution >= 4 is 11.8 Å². The van der Waals surface area contributed by atoms with E-state index in [1.54, 1.807) is 0 Å². The lowest BCUT2D eigenvalue weighted by atomic mass is 9.98. The number of hydrogen-bond donors (Lipinski definition) is 1. The highest BCUT2D eigenvalue weighted by molar-refractivity contribution is 7.99. The zero-order valence-electron chi connectivity index (χ0n) is 9.54. The lowest BCUT2D eigenvalue weighted by Crippen LogP contribution is -2.25. The Morgan fingerprint density at radius 3 is 2.80 bits per heavy atom. The fraction of sp³-hybridized carbons (Fsp3) is 1.00. The van der Waals surface area contributed by atoms with E-state index in [0.29, 0.717) is 11.7 Å². The second-order valence-electron chi connectivity index (χ2n) is 4.89. The van der Waals surface area contributed by atoms with E-state index in [9.17, 15) is 0 Å². The van der Waals surface area contributed by atoms with Gasteiger partial charge in [-0.05, 0) is 44.4 Å². The van der Waals surface area contributed by atoms with Gasteiger partial charge in [0.05, 0.1) is 11.7 Å². The van der Waals surface area contributed by atoms with Crippen LogP contribution in [0.1, 0.15) is 44.9 Å². The van der Waals surface area contributed by atoms with E-state index < -0.39 is 0 Å². The molecule has 1 saturated carbocycles. The van der Waals surface area contributed by atoms with Crippen molar-refractivity contribution in [2.45, 2.75) is 56.7 Å². The standard InChI is InChI=1S/C12H23NOS/c13-8-3-9-15-10-11-4-7-12(14-11)5-1-2-6-12/h11H,1-10,13H2. The third-order valence-electron chi connectivity index (χ3n) is 3.65. The highest BCUT2D eigenvalue weighted by atomic mass is 32.2. The Labute approximate surface area is 97.3 Å². The molecule has 0 radical (unpaired) electrons. The van der Waals surface area contributed by atoms with Crippen LogP contribution in [0.5, 0.6) is 0 Å². The third kappa shape index (κ3) is 3.11. The number of hydrogen-bond acceptors (Lipinski definition) is 3. The molecule has 2 rings (SSSR count). The van der Waals surface area contributed by atoms with Crippen LogP contribution < -0.4 is 5.73 Å². The third-order valence-corrected chi connectivity index (χ3v) is 4.83. The maximum atomic E-state index is 6.24. The molecule has 0 aromatic heterocycles. The van der Waals surface area contributed by atoms with Crippen LogP contribution in [0.4, 0.5) is 0 Å². The summed E-state index contributed by atoms with van der Waals surface area (Å²) < 4.78 is 6.24. The summed E-state index contributed by atoms with van der Waals surface area (Å²) in [5.41, 5.74) is 5.79. The lowest BCUT2D eigenvalue weighted by molar-refractivity contribution is -0.0267. The van der Waals surface area contributed by atoms with Crippen LogP contribution in [-0.4, -0.2) is 29.8 Å². The highest BCUT2D eigenvalue weighted by Gasteiger charge is 2.41. The maximum Gasteiger partial charge on any atom is 0.0687 e. The van der Waals surface area contributed by atoms with Gasteiger partial charge >= 0.3 is 0 Å². The van der Waals surface area contributed by atoms with Crippen molar-refractivity contribution in [1.29, 1.82) is 0 Å². The minimum atomic E-state index is 0.319. The molecule has 2 nitrogen and oxygen atoms in total. The van der Waals surface area contributed by atoms with E-state index >= 15 is 0 Å². The molecule has 2 fully saturated rings. The molecule has 15 heavy (non-hydrogen) atoms. The zero-order valence-corrected chi connectivity index (χ0v) is 10.4. The Bertz CT molecular complexity index is 192. The Morgan fingerprint density at radius 1 is 1.27 bits per heavy atom. The minimum absolute atomic E-state index is 0.319. The first kappa shape index (κ1) is 11.7. The SMILES string of the molecule is NCCCSCC1CCC2(CCCC2)O1. The van der Waals surface area contributed by atoms with Gasteiger partial charge in [0, 0.05) is 5.75 Å². The van der Waals surface area contributed by atoms with E-state index in [1.807, 2.05) is 11.8 Å². The molecule has 3 heteroatoms. The highest BCUT2D eigenvalue weighted by Crippen LogP contribution is 2.43. The van der Waals surface area contributed by atoms with Gasteiger partial charge in [0.1, 0.15) is 0 Å². The maximum absolute atomic E-state index is 6.24. The van der Waals surface area contributed by atoms with Crippen LogP contribution in [0.25, 0.3) is 0 Å². The molecular weight excluding hydrogens is 206 g/mol. The summed E-state index contributed by atoms with van der Waals surface area (Å²) in [6.45, 7) is 0.822. The molecule has 1 heterocycles. The number of ether oxygens (including phenoxy) is 1. The second kappa shape index (κ2) is 5.55. The average Bonchev–Trinajstić information content (AvgIpc) is 2.85. The van der Waals surface area contributed by atoms with Crippen LogP contribution in [0, 0.1) is 0 Å². The second-order valence-corrected chi connectivity index (χ2v) is 6.04. The quantitative estimate of drug-likeness (QED) is 0.736. The van der Waals surface area contributed by atoms with Gasteiger partial charge in [-0.15, -0.1) is 0 Å². The van der Waals surface area contributed by atoms with Crippen molar-refractivity contribution in [2.24, 2.45) is 5.73 Å². The Morgan fingerprint density at radius 2 is 2.07 bits per heavy atom. The molecule has 0 bridgehead atoms. The summed E-state index contributed by atoms with van der Waals surface area (Å²) in [5, 5.41) is 0. The molecule has 1 aliphatic carbocycles. The Balaban J connectivity index is 1.64. The van der Waals surface area contributed by atoms with E-state index in [-0.39, 0.29) is 0 Å². The lowest BCUT2D eigenvalue weighted by Gasteiger charge is -2.23. The first-order valence-corrected chi connectivity index (χ1v) is 7.46. The predicted molar refractivity (Wildman–Crippen MR) is 66.3 cm³/mol. The summed E-state index contributed by atoms with van der Waals surface area (Å²) in [5.74, 6) is 2.38. The van der Waals surface area contributed by atoms with Crippen molar-refractivity contribution < 1.29 is 4.74 Å². The first-order chi connectivity index (χ1) is 7.35. The number of thioether (sulfide) groups is 1. The van der Waals surface area contributed by atoms with Crippen LogP contribution in [-0.2, 0) is 4.74 Å². The van der Waals surface area contributed by atoms with Crippen molar-refractivity contribution in [3.8, 4) is 0 Å². The summed E-state index contributed by atoms with van der Waals surface area (Å²) in [6, 6.07) is 0. The van der Waals surface area contributed by atoms with Gasteiger partial charge in [0.25, 0.3) is 0 Å². The molecule has 2 aliphatic rings. The van der Waals surface area contributed by atoms with Crippen molar-refractivity contribution in [2.75, 3.05) is 18.1 Å². The topological polar surface area (TPSA) is 35.2 Å². The minimum Gasteiger partial charge on any atom is -0.371 e.